The first-order chi connectivity index (χ1) is 11.2. The summed E-state index contributed by atoms with van der Waals surface area (Å²) in [5, 5.41) is 19.9. The molecule has 6 nitrogen and oxygen atoms in total. The topological polar surface area (TPSA) is 67.7 Å². The molecule has 1 aliphatic carbocycles. The van der Waals surface area contributed by atoms with E-state index in [9.17, 15) is 0 Å². The summed E-state index contributed by atoms with van der Waals surface area (Å²) in [4.78, 5) is 0. The molecule has 0 amide bonds. The van der Waals surface area contributed by atoms with Crippen LogP contribution in [0.25, 0.3) is 11.4 Å². The minimum Gasteiger partial charge on any atom is -0.368 e. The standard InChI is InChI=1S/C17H24N6/c1-11-7-20-23(2)17(11)15-3-4-16(22-21-15)19-8-12-5-13-9-18-10-14(13)6-12/h3-4,7,12-14,18H,5-6,8-10H2,1-2H3,(H,19,22)/t12-,13+,14-. The van der Waals surface area contributed by atoms with Gasteiger partial charge < -0.3 is 10.6 Å². The van der Waals surface area contributed by atoms with Gasteiger partial charge in [-0.15, -0.1) is 10.2 Å². The summed E-state index contributed by atoms with van der Waals surface area (Å²) in [6.45, 7) is 5.47. The second kappa shape index (κ2) is 5.92. The van der Waals surface area contributed by atoms with E-state index in [1.54, 1.807) is 0 Å². The summed E-state index contributed by atoms with van der Waals surface area (Å²) in [6.07, 6.45) is 4.53. The molecule has 3 atom stereocenters. The molecular weight excluding hydrogens is 288 g/mol. The van der Waals surface area contributed by atoms with Crippen molar-refractivity contribution >= 4 is 5.82 Å². The normalized spacial score (nSPS) is 26.4. The van der Waals surface area contributed by atoms with Crippen LogP contribution in [0.15, 0.2) is 18.3 Å². The Morgan fingerprint density at radius 3 is 2.61 bits per heavy atom. The summed E-state index contributed by atoms with van der Waals surface area (Å²) >= 11 is 0. The number of nitrogens with zero attached hydrogens (tertiary/aromatic N) is 4. The Balaban J connectivity index is 1.37. The average Bonchev–Trinajstić information content (AvgIpc) is 3.21. The maximum absolute atomic E-state index is 4.36. The van der Waals surface area contributed by atoms with Crippen LogP contribution >= 0.6 is 0 Å². The van der Waals surface area contributed by atoms with Gasteiger partial charge in [0.05, 0.1) is 11.9 Å². The van der Waals surface area contributed by atoms with Gasteiger partial charge in [0.2, 0.25) is 0 Å². The van der Waals surface area contributed by atoms with Gasteiger partial charge in [0.15, 0.2) is 0 Å². The van der Waals surface area contributed by atoms with Crippen molar-refractivity contribution in [2.75, 3.05) is 25.0 Å². The minimum atomic E-state index is 0.771. The fourth-order valence-corrected chi connectivity index (χ4v) is 4.18. The highest BCUT2D eigenvalue weighted by Gasteiger charge is 2.36. The summed E-state index contributed by atoms with van der Waals surface area (Å²) in [6, 6.07) is 4.04. The van der Waals surface area contributed by atoms with Crippen LogP contribution in [0.3, 0.4) is 0 Å². The number of fused-ring (bicyclic) bond motifs is 1. The van der Waals surface area contributed by atoms with Gasteiger partial charge in [0, 0.05) is 13.6 Å². The molecule has 2 aromatic heterocycles. The maximum Gasteiger partial charge on any atom is 0.148 e. The molecule has 6 heteroatoms. The smallest absolute Gasteiger partial charge is 0.148 e. The highest BCUT2D eigenvalue weighted by Crippen LogP contribution is 2.38. The van der Waals surface area contributed by atoms with Crippen molar-refractivity contribution in [1.82, 2.24) is 25.3 Å². The second-order valence-electron chi connectivity index (χ2n) is 7.00. The zero-order valence-corrected chi connectivity index (χ0v) is 13.8. The number of nitrogens with one attached hydrogen (secondary N) is 2. The van der Waals surface area contributed by atoms with Crippen molar-refractivity contribution in [2.24, 2.45) is 24.8 Å². The molecule has 2 aromatic rings. The number of hydrogen-bond acceptors (Lipinski definition) is 5. The minimum absolute atomic E-state index is 0.771. The molecule has 0 bridgehead atoms. The van der Waals surface area contributed by atoms with Crippen LogP contribution in [0.1, 0.15) is 18.4 Å². The van der Waals surface area contributed by atoms with Crippen LogP contribution in [0.5, 0.6) is 0 Å². The zero-order valence-electron chi connectivity index (χ0n) is 13.8. The third-order valence-electron chi connectivity index (χ3n) is 5.35. The summed E-state index contributed by atoms with van der Waals surface area (Å²) < 4.78 is 1.85. The fraction of sp³-hybridized carbons (Fsp3) is 0.588. The van der Waals surface area contributed by atoms with E-state index in [0.717, 1.165) is 47.1 Å². The fourth-order valence-electron chi connectivity index (χ4n) is 4.18. The molecule has 1 saturated carbocycles. The van der Waals surface area contributed by atoms with Crippen LogP contribution in [0, 0.1) is 24.7 Å². The average molecular weight is 312 g/mol. The van der Waals surface area contributed by atoms with Crippen molar-refractivity contribution in [2.45, 2.75) is 19.8 Å². The molecule has 122 valence electrons. The number of aryl methyl sites for hydroxylation is 2. The van der Waals surface area contributed by atoms with Crippen molar-refractivity contribution < 1.29 is 0 Å². The van der Waals surface area contributed by atoms with Gasteiger partial charge in [-0.1, -0.05) is 0 Å². The van der Waals surface area contributed by atoms with E-state index in [1.165, 1.54) is 25.9 Å². The van der Waals surface area contributed by atoms with E-state index >= 15 is 0 Å². The molecule has 4 rings (SSSR count). The Morgan fingerprint density at radius 1 is 1.22 bits per heavy atom. The Hall–Kier alpha value is -1.95. The molecule has 1 aliphatic heterocycles. The third kappa shape index (κ3) is 2.83. The Morgan fingerprint density at radius 2 is 2.00 bits per heavy atom. The Kier molecular flexibility index (Phi) is 3.77. The van der Waals surface area contributed by atoms with Crippen molar-refractivity contribution in [1.29, 1.82) is 0 Å². The van der Waals surface area contributed by atoms with E-state index in [2.05, 4.69) is 25.9 Å². The predicted molar refractivity (Wildman–Crippen MR) is 90.0 cm³/mol. The van der Waals surface area contributed by atoms with E-state index in [0.29, 0.717) is 0 Å². The van der Waals surface area contributed by atoms with Gasteiger partial charge in [-0.3, -0.25) is 4.68 Å². The molecule has 1 saturated heterocycles. The van der Waals surface area contributed by atoms with Crippen molar-refractivity contribution in [3.63, 3.8) is 0 Å². The van der Waals surface area contributed by atoms with E-state index in [-0.39, 0.29) is 0 Å². The molecule has 2 N–H and O–H groups in total. The maximum atomic E-state index is 4.36. The molecule has 0 spiro atoms. The lowest BCUT2D eigenvalue weighted by Gasteiger charge is -2.13. The first-order valence-corrected chi connectivity index (χ1v) is 8.48. The zero-order chi connectivity index (χ0) is 15.8. The van der Waals surface area contributed by atoms with E-state index < -0.39 is 0 Å². The van der Waals surface area contributed by atoms with Gasteiger partial charge in [0.25, 0.3) is 0 Å². The number of anilines is 1. The van der Waals surface area contributed by atoms with Crippen LogP contribution in [-0.4, -0.2) is 39.6 Å². The lowest BCUT2D eigenvalue weighted by atomic mass is 10.0. The lowest BCUT2D eigenvalue weighted by Crippen LogP contribution is -2.17. The van der Waals surface area contributed by atoms with Crippen LogP contribution in [-0.2, 0) is 7.05 Å². The third-order valence-corrected chi connectivity index (χ3v) is 5.35. The van der Waals surface area contributed by atoms with Crippen LogP contribution < -0.4 is 10.6 Å². The highest BCUT2D eigenvalue weighted by atomic mass is 15.3. The second-order valence-corrected chi connectivity index (χ2v) is 7.00. The SMILES string of the molecule is Cc1cnn(C)c1-c1ccc(NC[C@@H]2C[C@H]3CNC[C@H]3C2)nn1. The van der Waals surface area contributed by atoms with Gasteiger partial charge in [-0.05, 0) is 68.3 Å². The predicted octanol–water partition coefficient (Wildman–Crippen LogP) is 1.84. The first kappa shape index (κ1) is 14.6. The van der Waals surface area contributed by atoms with Crippen LogP contribution in [0.4, 0.5) is 5.82 Å². The Labute approximate surface area is 136 Å². The van der Waals surface area contributed by atoms with Gasteiger partial charge in [-0.25, -0.2) is 0 Å². The number of hydrogen-bond donors (Lipinski definition) is 2. The quantitative estimate of drug-likeness (QED) is 0.902. The largest absolute Gasteiger partial charge is 0.368 e. The molecule has 2 fully saturated rings. The van der Waals surface area contributed by atoms with Gasteiger partial charge in [-0.2, -0.15) is 5.10 Å². The van der Waals surface area contributed by atoms with Crippen molar-refractivity contribution in [3.8, 4) is 11.4 Å². The van der Waals surface area contributed by atoms with Crippen molar-refractivity contribution in [3.05, 3.63) is 23.9 Å². The first-order valence-electron chi connectivity index (χ1n) is 8.48. The summed E-state index contributed by atoms with van der Waals surface area (Å²) in [5.74, 6) is 3.42. The monoisotopic (exact) mass is 312 g/mol. The molecule has 2 aliphatic rings. The number of aromatic nitrogens is 4. The molecule has 0 radical (unpaired) electrons. The van der Waals surface area contributed by atoms with Crippen LogP contribution in [0.2, 0.25) is 0 Å². The summed E-state index contributed by atoms with van der Waals surface area (Å²) in [5.41, 5.74) is 3.02. The molecule has 23 heavy (non-hydrogen) atoms. The number of rotatable bonds is 4. The summed E-state index contributed by atoms with van der Waals surface area (Å²) in [7, 11) is 1.93. The van der Waals surface area contributed by atoms with E-state index in [1.807, 2.05) is 37.0 Å². The lowest BCUT2D eigenvalue weighted by molar-refractivity contribution is 0.494. The molecular formula is C17H24N6. The molecule has 0 aromatic carbocycles. The van der Waals surface area contributed by atoms with Gasteiger partial charge in [0.1, 0.15) is 11.5 Å². The van der Waals surface area contributed by atoms with E-state index in [4.69, 9.17) is 0 Å². The Bertz CT molecular complexity index is 645. The molecule has 3 heterocycles. The van der Waals surface area contributed by atoms with Gasteiger partial charge >= 0.3 is 0 Å². The molecule has 0 unspecified atom stereocenters. The highest BCUT2D eigenvalue weighted by molar-refractivity contribution is 5.59.